The number of aromatic amines is 1. The number of aliphatic hydroxyl groups excluding tert-OH is 1. The molecule has 11 heteroatoms. The summed E-state index contributed by atoms with van der Waals surface area (Å²) in [7, 11) is 3.83. The van der Waals surface area contributed by atoms with E-state index in [9.17, 15) is 5.11 Å². The first-order valence-electron chi connectivity index (χ1n) is 9.62. The molecule has 160 valence electrons. The number of hydrogen-bond donors (Lipinski definition) is 3. The molecule has 3 N–H and O–H groups in total. The SMILES string of the molecule is CN(C)c1ccc(CNc2nc3nc(O[C@@H]4COC5C4OC[C@H]5O)[nH]c3cc2Cl)o1. The summed E-state index contributed by atoms with van der Waals surface area (Å²) in [6.45, 7) is 0.998. The Morgan fingerprint density at radius 1 is 1.27 bits per heavy atom. The number of H-pyrrole nitrogens is 1. The van der Waals surface area contributed by atoms with Crippen LogP contribution in [-0.4, -0.2) is 71.8 Å². The van der Waals surface area contributed by atoms with Gasteiger partial charge in [0.2, 0.25) is 0 Å². The van der Waals surface area contributed by atoms with Gasteiger partial charge >= 0.3 is 0 Å². The zero-order chi connectivity index (χ0) is 20.8. The Labute approximate surface area is 177 Å². The average Bonchev–Trinajstić information content (AvgIpc) is 3.47. The fraction of sp³-hybridized carbons (Fsp3) is 0.474. The minimum atomic E-state index is -0.628. The van der Waals surface area contributed by atoms with Crippen LogP contribution in [0.3, 0.4) is 0 Å². The molecule has 0 aromatic carbocycles. The van der Waals surface area contributed by atoms with Crippen LogP contribution in [0.4, 0.5) is 11.7 Å². The maximum absolute atomic E-state index is 9.85. The highest BCUT2D eigenvalue weighted by atomic mass is 35.5. The highest BCUT2D eigenvalue weighted by molar-refractivity contribution is 6.33. The Kier molecular flexibility index (Phi) is 4.94. The normalized spacial score (nSPS) is 25.6. The number of ether oxygens (including phenoxy) is 3. The molecule has 5 heterocycles. The molecular formula is C19H22ClN5O5. The van der Waals surface area contributed by atoms with Crippen LogP contribution in [0, 0.1) is 0 Å². The number of anilines is 2. The molecule has 4 atom stereocenters. The molecule has 30 heavy (non-hydrogen) atoms. The van der Waals surface area contributed by atoms with Crippen LogP contribution in [0.25, 0.3) is 11.2 Å². The van der Waals surface area contributed by atoms with Gasteiger partial charge in [-0.05, 0) is 12.1 Å². The van der Waals surface area contributed by atoms with Crippen LogP contribution in [-0.2, 0) is 16.0 Å². The van der Waals surface area contributed by atoms with E-state index >= 15 is 0 Å². The molecule has 10 nitrogen and oxygen atoms in total. The van der Waals surface area contributed by atoms with Gasteiger partial charge in [0.05, 0.1) is 30.3 Å². The number of halogens is 1. The van der Waals surface area contributed by atoms with E-state index in [1.54, 1.807) is 6.07 Å². The Balaban J connectivity index is 1.29. The van der Waals surface area contributed by atoms with Gasteiger partial charge in [0, 0.05) is 20.2 Å². The van der Waals surface area contributed by atoms with Crippen molar-refractivity contribution >= 4 is 34.5 Å². The van der Waals surface area contributed by atoms with Gasteiger partial charge in [-0.2, -0.15) is 4.98 Å². The van der Waals surface area contributed by atoms with Crippen molar-refractivity contribution in [2.45, 2.75) is 31.0 Å². The lowest BCUT2D eigenvalue weighted by molar-refractivity contribution is 0.00706. The molecule has 0 aliphatic carbocycles. The zero-order valence-corrected chi connectivity index (χ0v) is 17.2. The van der Waals surface area contributed by atoms with Crippen molar-refractivity contribution in [1.82, 2.24) is 15.0 Å². The molecule has 0 saturated carbocycles. The van der Waals surface area contributed by atoms with Crippen molar-refractivity contribution in [2.75, 3.05) is 37.5 Å². The van der Waals surface area contributed by atoms with Gasteiger partial charge in [0.15, 0.2) is 17.6 Å². The fourth-order valence-corrected chi connectivity index (χ4v) is 3.85. The van der Waals surface area contributed by atoms with Crippen molar-refractivity contribution in [1.29, 1.82) is 0 Å². The van der Waals surface area contributed by atoms with Crippen molar-refractivity contribution in [3.8, 4) is 6.01 Å². The lowest BCUT2D eigenvalue weighted by atomic mass is 10.1. The van der Waals surface area contributed by atoms with Crippen LogP contribution in [0.2, 0.25) is 5.02 Å². The molecule has 2 fully saturated rings. The summed E-state index contributed by atoms with van der Waals surface area (Å²) in [6, 6.07) is 5.83. The second kappa shape index (κ2) is 7.62. The molecule has 0 spiro atoms. The molecule has 3 aromatic rings. The van der Waals surface area contributed by atoms with E-state index < -0.39 is 6.10 Å². The predicted octanol–water partition coefficient (Wildman–Crippen LogP) is 1.79. The second-order valence-electron chi connectivity index (χ2n) is 7.54. The number of pyridine rings is 1. The van der Waals surface area contributed by atoms with E-state index in [-0.39, 0.29) is 24.9 Å². The van der Waals surface area contributed by atoms with E-state index in [0.29, 0.717) is 41.2 Å². The molecule has 3 aromatic heterocycles. The number of imidazole rings is 1. The molecule has 2 saturated heterocycles. The monoisotopic (exact) mass is 435 g/mol. The van der Waals surface area contributed by atoms with E-state index in [4.69, 9.17) is 30.2 Å². The lowest BCUT2D eigenvalue weighted by Gasteiger charge is -2.15. The van der Waals surface area contributed by atoms with Crippen molar-refractivity contribution in [2.24, 2.45) is 0 Å². The summed E-state index contributed by atoms with van der Waals surface area (Å²) in [5.41, 5.74) is 1.12. The number of nitrogens with zero attached hydrogens (tertiary/aromatic N) is 3. The van der Waals surface area contributed by atoms with Crippen LogP contribution in [0.5, 0.6) is 6.01 Å². The van der Waals surface area contributed by atoms with Gasteiger partial charge in [-0.1, -0.05) is 11.6 Å². The highest BCUT2D eigenvalue weighted by Crippen LogP contribution is 2.31. The second-order valence-corrected chi connectivity index (χ2v) is 7.95. The Morgan fingerprint density at radius 3 is 2.90 bits per heavy atom. The molecule has 2 unspecified atom stereocenters. The predicted molar refractivity (Wildman–Crippen MR) is 109 cm³/mol. The first-order valence-corrected chi connectivity index (χ1v) is 10.00. The number of rotatable bonds is 6. The molecule has 2 aliphatic heterocycles. The number of fused-ring (bicyclic) bond motifs is 2. The van der Waals surface area contributed by atoms with Gasteiger partial charge in [-0.25, -0.2) is 4.98 Å². The molecule has 2 aliphatic rings. The van der Waals surface area contributed by atoms with Crippen molar-refractivity contribution < 1.29 is 23.7 Å². The maximum Gasteiger partial charge on any atom is 0.296 e. The molecule has 0 bridgehead atoms. The molecule has 5 rings (SSSR count). The van der Waals surface area contributed by atoms with E-state index in [1.807, 2.05) is 31.1 Å². The largest absolute Gasteiger partial charge is 0.456 e. The van der Waals surface area contributed by atoms with Crippen molar-refractivity contribution in [3.63, 3.8) is 0 Å². The third kappa shape index (κ3) is 3.56. The highest BCUT2D eigenvalue weighted by Gasteiger charge is 2.48. The standard InChI is InChI=1S/C19H22ClN5O5/c1-25(2)14-4-3-9(29-14)6-21-17-10(20)5-11-18(23-17)24-19(22-11)30-13-8-28-15-12(26)7-27-16(13)15/h3-5,12-13,15-16,26H,6-8H2,1-2H3,(H2,21,22,23,24)/t12-,13-,15?,16?/m1/s1. The first-order chi connectivity index (χ1) is 14.5. The van der Waals surface area contributed by atoms with Crippen LogP contribution in [0.15, 0.2) is 22.6 Å². The van der Waals surface area contributed by atoms with Crippen LogP contribution < -0.4 is 15.0 Å². The molecular weight excluding hydrogens is 414 g/mol. The summed E-state index contributed by atoms with van der Waals surface area (Å²) in [5.74, 6) is 2.03. The van der Waals surface area contributed by atoms with Crippen LogP contribution >= 0.6 is 11.6 Å². The van der Waals surface area contributed by atoms with Gasteiger partial charge in [0.1, 0.15) is 29.9 Å². The van der Waals surface area contributed by atoms with Gasteiger partial charge in [-0.3, -0.25) is 0 Å². The molecule has 0 amide bonds. The van der Waals surface area contributed by atoms with Gasteiger partial charge in [0.25, 0.3) is 6.01 Å². The Bertz CT molecular complexity index is 1050. The minimum absolute atomic E-state index is 0.243. The maximum atomic E-state index is 9.85. The number of nitrogens with one attached hydrogen (secondary N) is 2. The summed E-state index contributed by atoms with van der Waals surface area (Å²) in [5, 5.41) is 13.5. The summed E-state index contributed by atoms with van der Waals surface area (Å²) >= 11 is 6.37. The lowest BCUT2D eigenvalue weighted by Crippen LogP contribution is -2.34. The molecule has 0 radical (unpaired) electrons. The van der Waals surface area contributed by atoms with E-state index in [2.05, 4.69) is 20.3 Å². The Morgan fingerprint density at radius 2 is 2.10 bits per heavy atom. The third-order valence-corrected chi connectivity index (χ3v) is 5.46. The zero-order valence-electron chi connectivity index (χ0n) is 16.5. The first kappa shape index (κ1) is 19.4. The smallest absolute Gasteiger partial charge is 0.296 e. The Hall–Kier alpha value is -2.53. The summed E-state index contributed by atoms with van der Waals surface area (Å²) in [6.07, 6.45) is -1.67. The number of furan rings is 1. The topological polar surface area (TPSA) is 118 Å². The van der Waals surface area contributed by atoms with E-state index in [1.165, 1.54) is 0 Å². The van der Waals surface area contributed by atoms with Crippen LogP contribution in [0.1, 0.15) is 5.76 Å². The summed E-state index contributed by atoms with van der Waals surface area (Å²) in [4.78, 5) is 13.8. The fourth-order valence-electron chi connectivity index (χ4n) is 3.64. The minimum Gasteiger partial charge on any atom is -0.456 e. The quantitative estimate of drug-likeness (QED) is 0.532. The number of aliphatic hydroxyl groups is 1. The van der Waals surface area contributed by atoms with Crippen molar-refractivity contribution in [3.05, 3.63) is 29.0 Å². The summed E-state index contributed by atoms with van der Waals surface area (Å²) < 4.78 is 22.8. The average molecular weight is 436 g/mol. The van der Waals surface area contributed by atoms with Gasteiger partial charge < -0.3 is 38.9 Å². The number of aromatic nitrogens is 3. The number of hydrogen-bond acceptors (Lipinski definition) is 9. The van der Waals surface area contributed by atoms with Gasteiger partial charge in [-0.15, -0.1) is 0 Å². The van der Waals surface area contributed by atoms with E-state index in [0.717, 1.165) is 11.6 Å². The third-order valence-electron chi connectivity index (χ3n) is 5.17.